The Bertz CT molecular complexity index is 327. The van der Waals surface area contributed by atoms with E-state index in [1.54, 1.807) is 12.1 Å². The fourth-order valence-corrected chi connectivity index (χ4v) is 1.43. The van der Waals surface area contributed by atoms with E-state index in [0.29, 0.717) is 6.54 Å². The molecule has 0 atom stereocenters. The molecule has 0 bridgehead atoms. The zero-order valence-electron chi connectivity index (χ0n) is 9.90. The van der Waals surface area contributed by atoms with Crippen molar-refractivity contribution in [2.45, 2.75) is 13.0 Å². The van der Waals surface area contributed by atoms with Crippen molar-refractivity contribution in [1.29, 1.82) is 0 Å². The first-order chi connectivity index (χ1) is 7.59. The summed E-state index contributed by atoms with van der Waals surface area (Å²) in [6.07, 6.45) is 1.09. The lowest BCUT2D eigenvalue weighted by Crippen LogP contribution is -2.20. The molecule has 0 aromatic heterocycles. The number of nitrogens with one attached hydrogen (secondary N) is 1. The van der Waals surface area contributed by atoms with Crippen LogP contribution in [0.4, 0.5) is 0 Å². The fraction of sp³-hybridized carbons (Fsp3) is 0.500. The first-order valence-corrected chi connectivity index (χ1v) is 5.46. The Balaban J connectivity index is 2.24. The first-order valence-electron chi connectivity index (χ1n) is 5.46. The molecule has 1 aromatic rings. The van der Waals surface area contributed by atoms with Crippen LogP contribution in [0, 0.1) is 0 Å². The van der Waals surface area contributed by atoms with E-state index in [1.807, 2.05) is 0 Å². The number of hydrogen-bond acceptors (Lipinski definition) is 4. The highest BCUT2D eigenvalue weighted by atomic mass is 16.3. The normalized spacial score (nSPS) is 10.9. The number of aromatic hydroxyl groups is 2. The van der Waals surface area contributed by atoms with Gasteiger partial charge < -0.3 is 20.4 Å². The Morgan fingerprint density at radius 1 is 1.19 bits per heavy atom. The maximum Gasteiger partial charge on any atom is 0.157 e. The van der Waals surface area contributed by atoms with E-state index in [2.05, 4.69) is 24.3 Å². The third-order valence-electron chi connectivity index (χ3n) is 2.33. The van der Waals surface area contributed by atoms with Crippen molar-refractivity contribution >= 4 is 0 Å². The Hall–Kier alpha value is -1.26. The number of nitrogens with zero attached hydrogens (tertiary/aromatic N) is 1. The molecule has 0 aliphatic heterocycles. The molecule has 0 heterocycles. The number of hydrogen-bond donors (Lipinski definition) is 3. The molecule has 0 amide bonds. The molecule has 0 aliphatic carbocycles. The van der Waals surface area contributed by atoms with E-state index >= 15 is 0 Å². The molecule has 0 saturated heterocycles. The van der Waals surface area contributed by atoms with Crippen LogP contribution in [0.1, 0.15) is 12.0 Å². The summed E-state index contributed by atoms with van der Waals surface area (Å²) in [4.78, 5) is 2.15. The van der Waals surface area contributed by atoms with E-state index in [4.69, 9.17) is 5.11 Å². The Morgan fingerprint density at radius 2 is 1.94 bits per heavy atom. The SMILES string of the molecule is CN(C)CCCNCc1ccc(O)c(O)c1. The van der Waals surface area contributed by atoms with E-state index < -0.39 is 0 Å². The van der Waals surface area contributed by atoms with Crippen LogP contribution in [0.15, 0.2) is 18.2 Å². The zero-order chi connectivity index (χ0) is 12.0. The van der Waals surface area contributed by atoms with Gasteiger partial charge in [0.25, 0.3) is 0 Å². The minimum absolute atomic E-state index is 0.0624. The number of phenolic OH excluding ortho intramolecular Hbond substituents is 2. The maximum absolute atomic E-state index is 9.29. The second-order valence-electron chi connectivity index (χ2n) is 4.16. The van der Waals surface area contributed by atoms with Crippen LogP contribution in [0.2, 0.25) is 0 Å². The van der Waals surface area contributed by atoms with Crippen molar-refractivity contribution in [3.8, 4) is 11.5 Å². The van der Waals surface area contributed by atoms with Crippen molar-refractivity contribution in [2.24, 2.45) is 0 Å². The van der Waals surface area contributed by atoms with E-state index in [-0.39, 0.29) is 11.5 Å². The molecule has 0 unspecified atom stereocenters. The van der Waals surface area contributed by atoms with Gasteiger partial charge in [-0.15, -0.1) is 0 Å². The van der Waals surface area contributed by atoms with Crippen LogP contribution >= 0.6 is 0 Å². The predicted octanol–water partition coefficient (Wildman–Crippen LogP) is 1.14. The Labute approximate surface area is 96.5 Å². The smallest absolute Gasteiger partial charge is 0.157 e. The number of benzene rings is 1. The zero-order valence-corrected chi connectivity index (χ0v) is 9.90. The lowest BCUT2D eigenvalue weighted by atomic mass is 10.2. The topological polar surface area (TPSA) is 55.7 Å². The Morgan fingerprint density at radius 3 is 2.56 bits per heavy atom. The summed E-state index contributed by atoms with van der Waals surface area (Å²) in [5.74, 6) is -0.135. The molecule has 1 aromatic carbocycles. The summed E-state index contributed by atoms with van der Waals surface area (Å²) in [6, 6.07) is 4.88. The van der Waals surface area contributed by atoms with E-state index in [1.165, 1.54) is 6.07 Å². The average Bonchev–Trinajstić information content (AvgIpc) is 2.22. The summed E-state index contributed by atoms with van der Waals surface area (Å²) in [6.45, 7) is 2.72. The summed E-state index contributed by atoms with van der Waals surface area (Å²) < 4.78 is 0. The fourth-order valence-electron chi connectivity index (χ4n) is 1.43. The summed E-state index contributed by atoms with van der Waals surface area (Å²) >= 11 is 0. The predicted molar refractivity (Wildman–Crippen MR) is 64.6 cm³/mol. The van der Waals surface area contributed by atoms with Gasteiger partial charge in [0.2, 0.25) is 0 Å². The van der Waals surface area contributed by atoms with Crippen molar-refractivity contribution in [3.63, 3.8) is 0 Å². The molecule has 0 aliphatic rings. The Kier molecular flexibility index (Phi) is 5.08. The van der Waals surface area contributed by atoms with Crippen molar-refractivity contribution in [2.75, 3.05) is 27.2 Å². The van der Waals surface area contributed by atoms with Gasteiger partial charge in [0.15, 0.2) is 11.5 Å². The summed E-state index contributed by atoms with van der Waals surface area (Å²) in [5.41, 5.74) is 0.972. The van der Waals surface area contributed by atoms with Gasteiger partial charge in [0, 0.05) is 6.54 Å². The molecule has 0 spiro atoms. The molecule has 0 saturated carbocycles. The van der Waals surface area contributed by atoms with Gasteiger partial charge in [-0.1, -0.05) is 6.07 Å². The highest BCUT2D eigenvalue weighted by Gasteiger charge is 2.00. The lowest BCUT2D eigenvalue weighted by Gasteiger charge is -2.10. The molecule has 0 fully saturated rings. The second kappa shape index (κ2) is 6.35. The van der Waals surface area contributed by atoms with Gasteiger partial charge in [-0.05, 0) is 51.3 Å². The summed E-state index contributed by atoms with van der Waals surface area (Å²) in [7, 11) is 4.11. The summed E-state index contributed by atoms with van der Waals surface area (Å²) in [5, 5.41) is 21.7. The quantitative estimate of drug-likeness (QED) is 0.501. The second-order valence-corrected chi connectivity index (χ2v) is 4.16. The first kappa shape index (κ1) is 12.8. The van der Waals surface area contributed by atoms with Gasteiger partial charge in [-0.2, -0.15) is 0 Å². The number of rotatable bonds is 6. The van der Waals surface area contributed by atoms with Crippen LogP contribution in [-0.4, -0.2) is 42.3 Å². The van der Waals surface area contributed by atoms with E-state index in [9.17, 15) is 5.11 Å². The third-order valence-corrected chi connectivity index (χ3v) is 2.33. The molecule has 4 heteroatoms. The molecule has 1 rings (SSSR count). The molecule has 3 N–H and O–H groups in total. The van der Waals surface area contributed by atoms with Crippen molar-refractivity contribution < 1.29 is 10.2 Å². The third kappa shape index (κ3) is 4.51. The van der Waals surface area contributed by atoms with Crippen LogP contribution in [0.25, 0.3) is 0 Å². The minimum Gasteiger partial charge on any atom is -0.504 e. The van der Waals surface area contributed by atoms with Crippen molar-refractivity contribution in [1.82, 2.24) is 10.2 Å². The highest BCUT2D eigenvalue weighted by Crippen LogP contribution is 2.24. The van der Waals surface area contributed by atoms with Crippen LogP contribution in [0.5, 0.6) is 11.5 Å². The number of phenols is 2. The minimum atomic E-state index is -0.0728. The lowest BCUT2D eigenvalue weighted by molar-refractivity contribution is 0.393. The molecular weight excluding hydrogens is 204 g/mol. The largest absolute Gasteiger partial charge is 0.504 e. The van der Waals surface area contributed by atoms with Gasteiger partial charge >= 0.3 is 0 Å². The van der Waals surface area contributed by atoms with Crippen LogP contribution in [-0.2, 0) is 6.54 Å². The molecule has 90 valence electrons. The molecular formula is C12H20N2O2. The highest BCUT2D eigenvalue weighted by molar-refractivity contribution is 5.40. The van der Waals surface area contributed by atoms with Gasteiger partial charge in [-0.25, -0.2) is 0 Å². The van der Waals surface area contributed by atoms with Crippen LogP contribution in [0.3, 0.4) is 0 Å². The molecule has 0 radical (unpaired) electrons. The maximum atomic E-state index is 9.29. The van der Waals surface area contributed by atoms with Crippen LogP contribution < -0.4 is 5.32 Å². The van der Waals surface area contributed by atoms with E-state index in [0.717, 1.165) is 25.1 Å². The average molecular weight is 224 g/mol. The van der Waals surface area contributed by atoms with Gasteiger partial charge in [-0.3, -0.25) is 0 Å². The molecule has 16 heavy (non-hydrogen) atoms. The van der Waals surface area contributed by atoms with Crippen molar-refractivity contribution in [3.05, 3.63) is 23.8 Å². The van der Waals surface area contributed by atoms with Gasteiger partial charge in [0.05, 0.1) is 0 Å². The molecule has 4 nitrogen and oxygen atoms in total. The standard InChI is InChI=1S/C12H20N2O2/c1-14(2)7-3-6-13-9-10-4-5-11(15)12(16)8-10/h4-5,8,13,15-16H,3,6-7,9H2,1-2H3. The monoisotopic (exact) mass is 224 g/mol. The van der Waals surface area contributed by atoms with Gasteiger partial charge in [0.1, 0.15) is 0 Å².